The third kappa shape index (κ3) is 3.04. The van der Waals surface area contributed by atoms with Gasteiger partial charge in [-0.2, -0.15) is 31.1 Å². The summed E-state index contributed by atoms with van der Waals surface area (Å²) in [6.07, 6.45) is -12.1. The highest BCUT2D eigenvalue weighted by atomic mass is 32.2. The summed E-state index contributed by atoms with van der Waals surface area (Å²) in [6.45, 7) is 0. The molecule has 0 saturated heterocycles. The SMILES string of the molecule is NC(NS(=O)(=O)c1ccccc1)(C(F)(F)F)C(F)(F)F. The van der Waals surface area contributed by atoms with Gasteiger partial charge >= 0.3 is 12.4 Å². The van der Waals surface area contributed by atoms with Crippen LogP contribution in [-0.2, 0) is 10.0 Å². The van der Waals surface area contributed by atoms with Gasteiger partial charge in [-0.05, 0) is 12.1 Å². The molecule has 0 fully saturated rings. The Balaban J connectivity index is 3.29. The number of benzene rings is 1. The highest BCUT2D eigenvalue weighted by Crippen LogP contribution is 2.40. The Morgan fingerprint density at radius 2 is 1.30 bits per heavy atom. The maximum absolute atomic E-state index is 12.5. The molecule has 1 aromatic rings. The number of halogens is 6. The summed E-state index contributed by atoms with van der Waals surface area (Å²) >= 11 is 0. The first-order chi connectivity index (χ1) is 8.81. The fourth-order valence-electron chi connectivity index (χ4n) is 1.15. The number of nitrogens with two attached hydrogens (primary N) is 1. The zero-order valence-corrected chi connectivity index (χ0v) is 10.3. The summed E-state index contributed by atoms with van der Waals surface area (Å²) in [5.74, 6) is 0. The van der Waals surface area contributed by atoms with E-state index in [9.17, 15) is 34.8 Å². The first kappa shape index (κ1) is 16.7. The van der Waals surface area contributed by atoms with Crippen molar-refractivity contribution in [3.8, 4) is 0 Å². The molecule has 20 heavy (non-hydrogen) atoms. The lowest BCUT2D eigenvalue weighted by Crippen LogP contribution is -2.73. The fraction of sp³-hybridized carbons (Fsp3) is 0.333. The Morgan fingerprint density at radius 1 is 0.900 bits per heavy atom. The lowest BCUT2D eigenvalue weighted by Gasteiger charge is -2.33. The highest BCUT2D eigenvalue weighted by molar-refractivity contribution is 7.89. The van der Waals surface area contributed by atoms with Gasteiger partial charge in [-0.1, -0.05) is 18.2 Å². The predicted molar refractivity (Wildman–Crippen MR) is 55.8 cm³/mol. The molecule has 0 radical (unpaired) electrons. The lowest BCUT2D eigenvalue weighted by molar-refractivity contribution is -0.300. The molecule has 0 aliphatic carbocycles. The van der Waals surface area contributed by atoms with Crippen molar-refractivity contribution >= 4 is 10.0 Å². The number of hydrogen-bond donors (Lipinski definition) is 2. The maximum atomic E-state index is 12.5. The predicted octanol–water partition coefficient (Wildman–Crippen LogP) is 1.74. The summed E-state index contributed by atoms with van der Waals surface area (Å²) in [6, 6.07) is 5.26. The Bertz CT molecular complexity index is 552. The van der Waals surface area contributed by atoms with Gasteiger partial charge in [0.05, 0.1) is 4.90 Å². The number of nitrogens with one attached hydrogen (secondary N) is 1. The van der Waals surface area contributed by atoms with E-state index in [1.54, 1.807) is 0 Å². The second kappa shape index (κ2) is 4.90. The monoisotopic (exact) mass is 322 g/mol. The van der Waals surface area contributed by atoms with Gasteiger partial charge in [-0.3, -0.25) is 5.73 Å². The third-order valence-corrected chi connectivity index (χ3v) is 3.73. The lowest BCUT2D eigenvalue weighted by atomic mass is 10.2. The molecule has 0 unspecified atom stereocenters. The van der Waals surface area contributed by atoms with Crippen molar-refractivity contribution < 1.29 is 34.8 Å². The Labute approximate surface area is 109 Å². The van der Waals surface area contributed by atoms with Crippen LogP contribution in [0.25, 0.3) is 0 Å². The summed E-state index contributed by atoms with van der Waals surface area (Å²) in [4.78, 5) is -0.775. The van der Waals surface area contributed by atoms with Gasteiger partial charge in [0.1, 0.15) is 0 Å². The molecular formula is C9H8F6N2O2S. The van der Waals surface area contributed by atoms with Crippen molar-refractivity contribution in [1.82, 2.24) is 4.72 Å². The minimum absolute atomic E-state index is 0.466. The van der Waals surface area contributed by atoms with Gasteiger partial charge in [0.25, 0.3) is 5.66 Å². The van der Waals surface area contributed by atoms with Crippen LogP contribution in [0.4, 0.5) is 26.3 Å². The van der Waals surface area contributed by atoms with E-state index in [1.807, 2.05) is 0 Å². The standard InChI is InChI=1S/C9H8F6N2O2S/c10-8(11,12)7(16,9(13,14)15)17-20(18,19)6-4-2-1-3-5-6/h1-5,17H,16H2. The van der Waals surface area contributed by atoms with E-state index in [1.165, 1.54) is 6.07 Å². The van der Waals surface area contributed by atoms with Crippen LogP contribution in [0.15, 0.2) is 35.2 Å². The molecule has 0 heterocycles. The second-order valence-corrected chi connectivity index (χ2v) is 5.40. The van der Waals surface area contributed by atoms with Gasteiger partial charge in [0, 0.05) is 0 Å². The molecule has 114 valence electrons. The molecule has 4 nitrogen and oxygen atoms in total. The van der Waals surface area contributed by atoms with Crippen LogP contribution in [0.2, 0.25) is 0 Å². The molecule has 1 aromatic carbocycles. The average Bonchev–Trinajstić information content (AvgIpc) is 2.26. The van der Waals surface area contributed by atoms with Gasteiger partial charge in [0.15, 0.2) is 0 Å². The minimum Gasteiger partial charge on any atom is -0.297 e. The molecule has 0 atom stereocenters. The molecular weight excluding hydrogens is 314 g/mol. The van der Waals surface area contributed by atoms with Crippen LogP contribution < -0.4 is 10.5 Å². The molecule has 11 heteroatoms. The largest absolute Gasteiger partial charge is 0.429 e. The van der Waals surface area contributed by atoms with Crippen LogP contribution in [0.1, 0.15) is 0 Å². The number of rotatable bonds is 3. The Morgan fingerprint density at radius 3 is 1.65 bits per heavy atom. The summed E-state index contributed by atoms with van der Waals surface area (Å²) in [7, 11) is -5.10. The van der Waals surface area contributed by atoms with Crippen LogP contribution in [0.5, 0.6) is 0 Å². The molecule has 0 aliphatic rings. The maximum Gasteiger partial charge on any atom is 0.429 e. The van der Waals surface area contributed by atoms with E-state index in [0.29, 0.717) is 4.72 Å². The normalized spacial score (nSPS) is 14.3. The fourth-order valence-corrected chi connectivity index (χ4v) is 2.44. The van der Waals surface area contributed by atoms with E-state index < -0.39 is 32.9 Å². The van der Waals surface area contributed by atoms with Gasteiger partial charge in [-0.25, -0.2) is 8.42 Å². The Kier molecular flexibility index (Phi) is 4.09. The molecule has 3 N–H and O–H groups in total. The van der Waals surface area contributed by atoms with Gasteiger partial charge < -0.3 is 0 Å². The number of alkyl halides is 6. The topological polar surface area (TPSA) is 72.2 Å². The van der Waals surface area contributed by atoms with Gasteiger partial charge in [-0.15, -0.1) is 0 Å². The smallest absolute Gasteiger partial charge is 0.297 e. The van der Waals surface area contributed by atoms with E-state index >= 15 is 0 Å². The van der Waals surface area contributed by atoms with Crippen molar-refractivity contribution in [1.29, 1.82) is 0 Å². The van der Waals surface area contributed by atoms with Crippen molar-refractivity contribution in [3.63, 3.8) is 0 Å². The molecule has 0 aliphatic heterocycles. The molecule has 0 saturated carbocycles. The van der Waals surface area contributed by atoms with Crippen molar-refractivity contribution in [2.24, 2.45) is 5.73 Å². The van der Waals surface area contributed by atoms with Crippen LogP contribution >= 0.6 is 0 Å². The summed E-state index contributed by atoms with van der Waals surface area (Å²) in [5.41, 5.74) is -0.839. The van der Waals surface area contributed by atoms with E-state index in [0.717, 1.165) is 24.3 Å². The first-order valence-electron chi connectivity index (χ1n) is 4.82. The number of sulfonamides is 1. The van der Waals surface area contributed by atoms with Gasteiger partial charge in [0.2, 0.25) is 10.0 Å². The molecule has 1 rings (SSSR count). The average molecular weight is 322 g/mol. The summed E-state index contributed by atoms with van der Waals surface area (Å²) in [5, 5.41) is 0. The Hall–Kier alpha value is -1.33. The second-order valence-electron chi connectivity index (χ2n) is 3.72. The van der Waals surface area contributed by atoms with Crippen LogP contribution in [-0.4, -0.2) is 26.4 Å². The van der Waals surface area contributed by atoms with E-state index in [2.05, 4.69) is 5.73 Å². The minimum atomic E-state index is -6.06. The van der Waals surface area contributed by atoms with Crippen molar-refractivity contribution in [2.45, 2.75) is 22.9 Å². The molecule has 0 aromatic heterocycles. The first-order valence-corrected chi connectivity index (χ1v) is 6.31. The molecule has 0 bridgehead atoms. The highest BCUT2D eigenvalue weighted by Gasteiger charge is 2.70. The van der Waals surface area contributed by atoms with Crippen LogP contribution in [0.3, 0.4) is 0 Å². The quantitative estimate of drug-likeness (QED) is 0.658. The van der Waals surface area contributed by atoms with Crippen LogP contribution in [0, 0.1) is 0 Å². The molecule has 0 amide bonds. The zero-order valence-electron chi connectivity index (χ0n) is 9.46. The van der Waals surface area contributed by atoms with Crippen molar-refractivity contribution in [2.75, 3.05) is 0 Å². The van der Waals surface area contributed by atoms with Crippen molar-refractivity contribution in [3.05, 3.63) is 30.3 Å². The molecule has 0 spiro atoms. The number of hydrogen-bond acceptors (Lipinski definition) is 3. The van der Waals surface area contributed by atoms with E-state index in [-0.39, 0.29) is 0 Å². The summed E-state index contributed by atoms with van der Waals surface area (Å²) < 4.78 is 98.4. The van der Waals surface area contributed by atoms with E-state index in [4.69, 9.17) is 0 Å². The zero-order chi connectivity index (χ0) is 15.8. The third-order valence-electron chi connectivity index (χ3n) is 2.24.